The molecule has 0 atom stereocenters. The molecule has 0 aliphatic heterocycles. The largest absolute Gasteiger partial charge is 0.496 e. The summed E-state index contributed by atoms with van der Waals surface area (Å²) in [5, 5.41) is 2.59. The smallest absolute Gasteiger partial charge is 0.261 e. The second-order valence-corrected chi connectivity index (χ2v) is 6.52. The molecule has 8 heteroatoms. The topological polar surface area (TPSA) is 84.5 Å². The molecule has 128 valence electrons. The molecule has 2 aromatic rings. The maximum absolute atomic E-state index is 13.2. The van der Waals surface area contributed by atoms with E-state index in [4.69, 9.17) is 4.74 Å². The molecule has 24 heavy (non-hydrogen) atoms. The molecule has 2 N–H and O–H groups in total. The molecule has 0 unspecified atom stereocenters. The van der Waals surface area contributed by atoms with Crippen molar-refractivity contribution in [2.45, 2.75) is 11.8 Å². The van der Waals surface area contributed by atoms with Gasteiger partial charge in [0, 0.05) is 6.54 Å². The van der Waals surface area contributed by atoms with E-state index in [1.807, 2.05) is 0 Å². The average Bonchev–Trinajstić information content (AvgIpc) is 2.54. The van der Waals surface area contributed by atoms with Crippen molar-refractivity contribution in [1.29, 1.82) is 0 Å². The third kappa shape index (κ3) is 4.02. The summed E-state index contributed by atoms with van der Waals surface area (Å²) in [5.41, 5.74) is 0.187. The van der Waals surface area contributed by atoms with Gasteiger partial charge < -0.3 is 10.1 Å². The molecule has 0 radical (unpaired) electrons. The van der Waals surface area contributed by atoms with Crippen LogP contribution in [0.15, 0.2) is 47.4 Å². The number of amides is 1. The molecule has 0 saturated heterocycles. The molecule has 0 bridgehead atoms. The first-order chi connectivity index (χ1) is 11.4. The fraction of sp³-hybridized carbons (Fsp3) is 0.188. The van der Waals surface area contributed by atoms with E-state index in [2.05, 4.69) is 10.0 Å². The number of ether oxygens (including phenoxy) is 1. The predicted molar refractivity (Wildman–Crippen MR) is 88.2 cm³/mol. The molecule has 0 heterocycles. The van der Waals surface area contributed by atoms with Crippen LogP contribution in [0.5, 0.6) is 5.75 Å². The quantitative estimate of drug-likeness (QED) is 0.836. The van der Waals surface area contributed by atoms with Gasteiger partial charge in [-0.05, 0) is 43.3 Å². The number of hydrogen-bond donors (Lipinski definition) is 2. The zero-order valence-corrected chi connectivity index (χ0v) is 14.0. The van der Waals surface area contributed by atoms with E-state index in [0.29, 0.717) is 6.54 Å². The molecule has 0 fully saturated rings. The van der Waals surface area contributed by atoms with Gasteiger partial charge in [0.25, 0.3) is 15.9 Å². The number of benzene rings is 2. The summed E-state index contributed by atoms with van der Waals surface area (Å²) in [4.78, 5) is 11.9. The Balaban J connectivity index is 2.39. The minimum atomic E-state index is -3.98. The number of carbonyl (C=O) groups excluding carboxylic acids is 1. The Bertz CT molecular complexity index is 853. The van der Waals surface area contributed by atoms with Crippen molar-refractivity contribution >= 4 is 21.6 Å². The Labute approximate surface area is 139 Å². The van der Waals surface area contributed by atoms with Crippen LogP contribution in [-0.4, -0.2) is 28.0 Å². The van der Waals surface area contributed by atoms with E-state index in [-0.39, 0.29) is 21.9 Å². The van der Waals surface area contributed by atoms with E-state index < -0.39 is 21.7 Å². The van der Waals surface area contributed by atoms with E-state index in [0.717, 1.165) is 6.07 Å². The molecule has 0 spiro atoms. The van der Waals surface area contributed by atoms with Gasteiger partial charge in [-0.2, -0.15) is 0 Å². The van der Waals surface area contributed by atoms with Crippen molar-refractivity contribution in [2.75, 3.05) is 18.4 Å². The minimum absolute atomic E-state index is 0.0883. The first-order valence-corrected chi connectivity index (χ1v) is 8.60. The lowest BCUT2D eigenvalue weighted by Crippen LogP contribution is -2.24. The number of anilines is 1. The molecule has 0 aliphatic carbocycles. The zero-order chi connectivity index (χ0) is 17.7. The molecule has 1 amide bonds. The number of hydrogen-bond acceptors (Lipinski definition) is 4. The molecule has 0 saturated carbocycles. The van der Waals surface area contributed by atoms with Gasteiger partial charge in [0.05, 0.1) is 23.3 Å². The van der Waals surface area contributed by atoms with Crippen molar-refractivity contribution in [3.05, 3.63) is 53.8 Å². The lowest BCUT2D eigenvalue weighted by molar-refractivity contribution is 0.0952. The van der Waals surface area contributed by atoms with E-state index in [9.17, 15) is 17.6 Å². The van der Waals surface area contributed by atoms with Gasteiger partial charge >= 0.3 is 0 Å². The number of methoxy groups -OCH3 is 1. The van der Waals surface area contributed by atoms with Crippen LogP contribution >= 0.6 is 0 Å². The van der Waals surface area contributed by atoms with Crippen LogP contribution in [0.1, 0.15) is 17.3 Å². The summed E-state index contributed by atoms with van der Waals surface area (Å²) in [6, 6.07) is 9.00. The van der Waals surface area contributed by atoms with Crippen molar-refractivity contribution in [3.8, 4) is 5.75 Å². The molecular formula is C16H17FN2O4S. The lowest BCUT2D eigenvalue weighted by atomic mass is 10.2. The van der Waals surface area contributed by atoms with E-state index in [1.54, 1.807) is 6.92 Å². The lowest BCUT2D eigenvalue weighted by Gasteiger charge is -2.12. The fourth-order valence-corrected chi connectivity index (χ4v) is 3.13. The SMILES string of the molecule is CCNC(=O)c1cc(S(=O)(=O)Nc2cccc(F)c2)ccc1OC. The summed E-state index contributed by atoms with van der Waals surface area (Å²) < 4.78 is 45.4. The number of sulfonamides is 1. The molecule has 2 aromatic carbocycles. The highest BCUT2D eigenvalue weighted by Gasteiger charge is 2.20. The first kappa shape index (κ1) is 17.7. The summed E-state index contributed by atoms with van der Waals surface area (Å²) in [6.07, 6.45) is 0. The highest BCUT2D eigenvalue weighted by atomic mass is 32.2. The van der Waals surface area contributed by atoms with E-state index in [1.165, 1.54) is 43.5 Å². The van der Waals surface area contributed by atoms with Gasteiger partial charge in [0.2, 0.25) is 0 Å². The minimum Gasteiger partial charge on any atom is -0.496 e. The van der Waals surface area contributed by atoms with E-state index >= 15 is 0 Å². The van der Waals surface area contributed by atoms with Crippen molar-refractivity contribution in [3.63, 3.8) is 0 Å². The second-order valence-electron chi connectivity index (χ2n) is 4.84. The van der Waals surface area contributed by atoms with Crippen LogP contribution in [0.2, 0.25) is 0 Å². The normalized spacial score (nSPS) is 11.0. The standard InChI is InChI=1S/C16H17FN2O4S/c1-3-18-16(20)14-10-13(7-8-15(14)23-2)24(21,22)19-12-6-4-5-11(17)9-12/h4-10,19H,3H2,1-2H3,(H,18,20). The maximum atomic E-state index is 13.2. The number of rotatable bonds is 6. The third-order valence-corrected chi connectivity index (χ3v) is 4.52. The van der Waals surface area contributed by atoms with Crippen molar-refractivity contribution in [1.82, 2.24) is 5.32 Å². The van der Waals surface area contributed by atoms with Gasteiger partial charge in [-0.25, -0.2) is 12.8 Å². The monoisotopic (exact) mass is 352 g/mol. The average molecular weight is 352 g/mol. The van der Waals surface area contributed by atoms with Gasteiger partial charge in [0.15, 0.2) is 0 Å². The van der Waals surface area contributed by atoms with Crippen LogP contribution in [-0.2, 0) is 10.0 Å². The molecule has 2 rings (SSSR count). The Morgan fingerprint density at radius 1 is 1.21 bits per heavy atom. The van der Waals surface area contributed by atoms with Crippen LogP contribution in [0.4, 0.5) is 10.1 Å². The molecule has 0 aliphatic rings. The molecular weight excluding hydrogens is 335 g/mol. The molecule has 0 aromatic heterocycles. The fourth-order valence-electron chi connectivity index (χ4n) is 2.05. The number of carbonyl (C=O) groups is 1. The Morgan fingerprint density at radius 3 is 2.58 bits per heavy atom. The van der Waals surface area contributed by atoms with Gasteiger partial charge in [-0.15, -0.1) is 0 Å². The van der Waals surface area contributed by atoms with Crippen molar-refractivity contribution < 1.29 is 22.3 Å². The van der Waals surface area contributed by atoms with Crippen LogP contribution in [0, 0.1) is 5.82 Å². The zero-order valence-electron chi connectivity index (χ0n) is 13.2. The Hall–Kier alpha value is -2.61. The molecule has 6 nitrogen and oxygen atoms in total. The summed E-state index contributed by atoms with van der Waals surface area (Å²) in [5.74, 6) is -0.754. The maximum Gasteiger partial charge on any atom is 0.261 e. The first-order valence-electron chi connectivity index (χ1n) is 7.12. The highest BCUT2D eigenvalue weighted by Crippen LogP contribution is 2.24. The Morgan fingerprint density at radius 2 is 1.96 bits per heavy atom. The van der Waals surface area contributed by atoms with Gasteiger partial charge in [0.1, 0.15) is 11.6 Å². The predicted octanol–water partition coefficient (Wildman–Crippen LogP) is 2.38. The van der Waals surface area contributed by atoms with Crippen molar-refractivity contribution in [2.24, 2.45) is 0 Å². The van der Waals surface area contributed by atoms with Gasteiger partial charge in [-0.1, -0.05) is 6.07 Å². The van der Waals surface area contributed by atoms with Crippen LogP contribution in [0.25, 0.3) is 0 Å². The summed E-state index contributed by atoms with van der Waals surface area (Å²) in [6.45, 7) is 2.14. The van der Waals surface area contributed by atoms with Gasteiger partial charge in [-0.3, -0.25) is 9.52 Å². The number of nitrogens with one attached hydrogen (secondary N) is 2. The third-order valence-electron chi connectivity index (χ3n) is 3.14. The van der Waals surface area contributed by atoms with Crippen LogP contribution < -0.4 is 14.8 Å². The van der Waals surface area contributed by atoms with Crippen LogP contribution in [0.3, 0.4) is 0 Å². The second kappa shape index (κ2) is 7.31. The summed E-state index contributed by atoms with van der Waals surface area (Å²) >= 11 is 0. The Kier molecular flexibility index (Phi) is 5.40. The highest BCUT2D eigenvalue weighted by molar-refractivity contribution is 7.92. The number of halogens is 1. The summed E-state index contributed by atoms with van der Waals surface area (Å²) in [7, 11) is -2.59.